The van der Waals surface area contributed by atoms with Crippen molar-refractivity contribution in [1.29, 1.82) is 0 Å². The second-order valence-electron chi connectivity index (χ2n) is 4.08. The topological polar surface area (TPSA) is 28.2 Å². The number of pyridine rings is 1. The molecule has 1 saturated heterocycles. The van der Waals surface area contributed by atoms with Gasteiger partial charge in [0, 0.05) is 44.1 Å². The molecule has 0 aromatic carbocycles. The molecule has 1 aliphatic rings. The minimum atomic E-state index is -2.54. The molecular formula is C11H13Cl2F2N3. The molecule has 1 aromatic heterocycles. The third-order valence-corrected chi connectivity index (χ3v) is 3.57. The first-order chi connectivity index (χ1) is 8.61. The second-order valence-corrected chi connectivity index (χ2v) is 4.90. The van der Waals surface area contributed by atoms with Crippen LogP contribution in [0.15, 0.2) is 12.4 Å². The largest absolute Gasteiger partial charge is 0.314 e. The lowest BCUT2D eigenvalue weighted by molar-refractivity contribution is 0.0182. The molecule has 1 atom stereocenters. The average Bonchev–Trinajstić information content (AvgIpc) is 2.34. The van der Waals surface area contributed by atoms with Crippen LogP contribution in [0.25, 0.3) is 0 Å². The van der Waals surface area contributed by atoms with E-state index in [4.69, 9.17) is 23.2 Å². The van der Waals surface area contributed by atoms with Gasteiger partial charge >= 0.3 is 0 Å². The summed E-state index contributed by atoms with van der Waals surface area (Å²) in [5.74, 6) is 0. The van der Waals surface area contributed by atoms with Crippen LogP contribution in [0.3, 0.4) is 0 Å². The van der Waals surface area contributed by atoms with Crippen LogP contribution < -0.4 is 5.32 Å². The van der Waals surface area contributed by atoms with Crippen LogP contribution in [0, 0.1) is 0 Å². The molecule has 0 amide bonds. The highest BCUT2D eigenvalue weighted by molar-refractivity contribution is 6.35. The summed E-state index contributed by atoms with van der Waals surface area (Å²) in [6, 6.07) is -1.07. The van der Waals surface area contributed by atoms with Gasteiger partial charge in [-0.3, -0.25) is 9.88 Å². The molecule has 3 nitrogen and oxygen atoms in total. The average molecular weight is 296 g/mol. The van der Waals surface area contributed by atoms with E-state index in [9.17, 15) is 8.78 Å². The van der Waals surface area contributed by atoms with E-state index in [0.29, 0.717) is 26.2 Å². The summed E-state index contributed by atoms with van der Waals surface area (Å²) in [6.45, 7) is 2.46. The van der Waals surface area contributed by atoms with Crippen LogP contribution >= 0.6 is 23.2 Å². The molecule has 2 heterocycles. The summed E-state index contributed by atoms with van der Waals surface area (Å²) >= 11 is 11.9. The molecular weight excluding hydrogens is 283 g/mol. The number of nitrogens with zero attached hydrogens (tertiary/aromatic N) is 2. The number of hydrogen-bond donors (Lipinski definition) is 1. The normalized spacial score (nSPS) is 19.2. The fourth-order valence-electron chi connectivity index (χ4n) is 2.13. The van der Waals surface area contributed by atoms with Gasteiger partial charge in [-0.1, -0.05) is 23.2 Å². The smallest absolute Gasteiger partial charge is 0.258 e. The van der Waals surface area contributed by atoms with Gasteiger partial charge in [0.1, 0.15) is 0 Å². The fraction of sp³-hybridized carbons (Fsp3) is 0.545. The number of hydrogen-bond acceptors (Lipinski definition) is 3. The zero-order valence-corrected chi connectivity index (χ0v) is 11.1. The number of rotatable bonds is 3. The van der Waals surface area contributed by atoms with Crippen molar-refractivity contribution < 1.29 is 8.78 Å². The van der Waals surface area contributed by atoms with Crippen molar-refractivity contribution in [3.63, 3.8) is 0 Å². The molecule has 2 rings (SSSR count). The molecule has 0 bridgehead atoms. The van der Waals surface area contributed by atoms with E-state index in [-0.39, 0.29) is 15.6 Å². The van der Waals surface area contributed by atoms with Gasteiger partial charge in [0.05, 0.1) is 16.1 Å². The predicted octanol–water partition coefficient (Wildman–Crippen LogP) is 2.60. The number of halogens is 4. The van der Waals surface area contributed by atoms with Gasteiger partial charge in [-0.05, 0) is 0 Å². The fourth-order valence-corrected chi connectivity index (χ4v) is 2.72. The summed E-state index contributed by atoms with van der Waals surface area (Å²) in [7, 11) is 0. The van der Waals surface area contributed by atoms with E-state index in [0.717, 1.165) is 0 Å². The molecule has 0 saturated carbocycles. The molecule has 1 fully saturated rings. The minimum absolute atomic E-state index is 0.186. The zero-order valence-electron chi connectivity index (χ0n) is 9.54. The van der Waals surface area contributed by atoms with E-state index in [1.807, 2.05) is 0 Å². The first-order valence-corrected chi connectivity index (χ1v) is 6.38. The van der Waals surface area contributed by atoms with Crippen molar-refractivity contribution in [2.75, 3.05) is 26.2 Å². The number of piperazine rings is 1. The van der Waals surface area contributed by atoms with Gasteiger partial charge in [0.15, 0.2) is 0 Å². The van der Waals surface area contributed by atoms with E-state index in [1.54, 1.807) is 4.90 Å². The maximum atomic E-state index is 13.3. The highest BCUT2D eigenvalue weighted by Gasteiger charge is 2.33. The van der Waals surface area contributed by atoms with Crippen LogP contribution in [-0.4, -0.2) is 42.5 Å². The van der Waals surface area contributed by atoms with Crippen LogP contribution in [0.2, 0.25) is 10.0 Å². The molecule has 0 radical (unpaired) electrons. The second kappa shape index (κ2) is 6.10. The summed E-state index contributed by atoms with van der Waals surface area (Å²) in [5.41, 5.74) is 0.269. The minimum Gasteiger partial charge on any atom is -0.314 e. The molecule has 0 aliphatic carbocycles. The summed E-state index contributed by atoms with van der Waals surface area (Å²) in [6.07, 6.45) is 0.154. The van der Waals surface area contributed by atoms with Gasteiger partial charge in [0.25, 0.3) is 6.43 Å². The van der Waals surface area contributed by atoms with Crippen molar-refractivity contribution in [1.82, 2.24) is 15.2 Å². The summed E-state index contributed by atoms with van der Waals surface area (Å²) in [5, 5.41) is 3.50. The Morgan fingerprint density at radius 2 is 1.72 bits per heavy atom. The van der Waals surface area contributed by atoms with Crippen LogP contribution in [0.5, 0.6) is 0 Å². The maximum absolute atomic E-state index is 13.3. The Morgan fingerprint density at radius 3 is 2.22 bits per heavy atom. The van der Waals surface area contributed by atoms with E-state index in [2.05, 4.69) is 10.3 Å². The standard InChI is InChI=1S/C11H13Cl2F2N3/c12-7-5-17-6-8(13)9(7)10(11(14)15)18-3-1-16-2-4-18/h5-6,10-11,16H,1-4H2/t10-/m1/s1. The summed E-state index contributed by atoms with van der Waals surface area (Å²) in [4.78, 5) is 5.49. The molecule has 0 unspecified atom stereocenters. The van der Waals surface area contributed by atoms with Crippen LogP contribution in [0.1, 0.15) is 11.6 Å². The highest BCUT2D eigenvalue weighted by atomic mass is 35.5. The third-order valence-electron chi connectivity index (χ3n) is 2.97. The Bertz CT molecular complexity index is 391. The molecule has 7 heteroatoms. The van der Waals surface area contributed by atoms with Crippen molar-refractivity contribution in [3.05, 3.63) is 28.0 Å². The number of nitrogens with one attached hydrogen (secondary N) is 1. The monoisotopic (exact) mass is 295 g/mol. The summed E-state index contributed by atoms with van der Waals surface area (Å²) < 4.78 is 26.7. The van der Waals surface area contributed by atoms with Gasteiger partial charge < -0.3 is 5.32 Å². The van der Waals surface area contributed by atoms with Gasteiger partial charge in [0.2, 0.25) is 0 Å². The quantitative estimate of drug-likeness (QED) is 0.929. The predicted molar refractivity (Wildman–Crippen MR) is 67.4 cm³/mol. The van der Waals surface area contributed by atoms with Crippen molar-refractivity contribution in [2.24, 2.45) is 0 Å². The van der Waals surface area contributed by atoms with E-state index in [1.165, 1.54) is 12.4 Å². The van der Waals surface area contributed by atoms with Crippen molar-refractivity contribution in [2.45, 2.75) is 12.5 Å². The van der Waals surface area contributed by atoms with Gasteiger partial charge in [-0.2, -0.15) is 0 Å². The zero-order chi connectivity index (χ0) is 13.1. The van der Waals surface area contributed by atoms with Crippen molar-refractivity contribution >= 4 is 23.2 Å². The van der Waals surface area contributed by atoms with Crippen molar-refractivity contribution in [3.8, 4) is 0 Å². The first kappa shape index (κ1) is 13.9. The SMILES string of the molecule is FC(F)[C@@H](c1c(Cl)cncc1Cl)N1CCNCC1. The Kier molecular flexibility index (Phi) is 4.72. The molecule has 100 valence electrons. The number of alkyl halides is 2. The Balaban J connectivity index is 2.34. The molecule has 1 aromatic rings. The van der Waals surface area contributed by atoms with Gasteiger partial charge in [-0.25, -0.2) is 8.78 Å². The Hall–Kier alpha value is -0.490. The molecule has 0 spiro atoms. The molecule has 1 aliphatic heterocycles. The van der Waals surface area contributed by atoms with Crippen LogP contribution in [-0.2, 0) is 0 Å². The third kappa shape index (κ3) is 2.91. The van der Waals surface area contributed by atoms with Crippen LogP contribution in [0.4, 0.5) is 8.78 Å². The lowest BCUT2D eigenvalue weighted by Crippen LogP contribution is -2.47. The Morgan fingerprint density at radius 1 is 1.17 bits per heavy atom. The lowest BCUT2D eigenvalue weighted by atomic mass is 10.1. The molecule has 1 N–H and O–H groups in total. The van der Waals surface area contributed by atoms with E-state index < -0.39 is 12.5 Å². The first-order valence-electron chi connectivity index (χ1n) is 5.63. The number of aromatic nitrogens is 1. The lowest BCUT2D eigenvalue weighted by Gasteiger charge is -2.35. The molecule has 18 heavy (non-hydrogen) atoms. The van der Waals surface area contributed by atoms with Gasteiger partial charge in [-0.15, -0.1) is 0 Å². The maximum Gasteiger partial charge on any atom is 0.258 e. The van der Waals surface area contributed by atoms with E-state index >= 15 is 0 Å². The Labute approximate surface area is 114 Å². The highest BCUT2D eigenvalue weighted by Crippen LogP contribution is 2.36.